The second kappa shape index (κ2) is 19.2. The number of piperidine rings is 1. The number of hydrogen-bond donors (Lipinski definition) is 0. The maximum absolute atomic E-state index is 8.00. The first-order valence-electron chi connectivity index (χ1n) is 7.60. The second-order valence-electron chi connectivity index (χ2n) is 4.93. The second-order valence-corrected chi connectivity index (χ2v) is 4.93. The van der Waals surface area contributed by atoms with Crippen LogP contribution in [0.1, 0.15) is 44.2 Å². The van der Waals surface area contributed by atoms with E-state index in [1.807, 2.05) is 25.8 Å². The average Bonchev–Trinajstić information content (AvgIpc) is 3.06. The Balaban J connectivity index is -0.000000619. The molecule has 130 valence electrons. The molecule has 0 saturated carbocycles. The summed E-state index contributed by atoms with van der Waals surface area (Å²) in [6.07, 6.45) is 8.86. The molecule has 1 aromatic rings. The molecule has 0 aliphatic carbocycles. The number of unbranched alkanes of at least 4 members (excludes halogenated alkanes) is 1. The van der Waals surface area contributed by atoms with E-state index in [0.29, 0.717) is 12.6 Å². The van der Waals surface area contributed by atoms with E-state index in [9.17, 15) is 0 Å². The molecule has 5 nitrogen and oxygen atoms in total. The summed E-state index contributed by atoms with van der Waals surface area (Å²) >= 11 is 0. The summed E-state index contributed by atoms with van der Waals surface area (Å²) in [5.74, 6) is 0. The number of carbonyl (C=O) groups is 1. The predicted molar refractivity (Wildman–Crippen MR) is 99.0 cm³/mol. The Bertz CT molecular complexity index is 358. The minimum atomic E-state index is 0. The number of carbonyl (C=O) groups excluding carboxylic acids is 1. The van der Waals surface area contributed by atoms with Crippen LogP contribution in [0.25, 0.3) is 5.73 Å². The van der Waals surface area contributed by atoms with Crippen LogP contribution in [-0.4, -0.2) is 47.8 Å². The third-order valence-electron chi connectivity index (χ3n) is 3.62. The minimum Gasteiger partial charge on any atom is -0.674 e. The summed E-state index contributed by atoms with van der Waals surface area (Å²) in [6.45, 7) is 10.1. The van der Waals surface area contributed by atoms with Gasteiger partial charge in [-0.2, -0.15) is 5.10 Å². The van der Waals surface area contributed by atoms with Crippen LogP contribution in [0.4, 0.5) is 0 Å². The standard InChI is InChI=1S/C13H23N4.CH2O.CH5P.CH3.K/c1-2-3-6-16-7-4-13(5-8-16)17-11-12(9-14)10-15-17;2*1-2;;/h10-11,13-14H,2-9H2,1H3;1H2;2H2,1H3;1H3;/q-1;;;-1;+1. The molecule has 1 aromatic heterocycles. The minimum absolute atomic E-state index is 0. The first kappa shape index (κ1) is 28.7. The van der Waals surface area contributed by atoms with E-state index < -0.39 is 0 Å². The number of hydrogen-bond acceptors (Lipinski definition) is 3. The molecule has 2 heterocycles. The van der Waals surface area contributed by atoms with Crippen LogP contribution >= 0.6 is 9.24 Å². The Morgan fingerprint density at radius 3 is 2.35 bits per heavy atom. The molecule has 0 amide bonds. The summed E-state index contributed by atoms with van der Waals surface area (Å²) in [4.78, 5) is 10.6. The van der Waals surface area contributed by atoms with Crippen molar-refractivity contribution in [3.63, 3.8) is 0 Å². The third-order valence-corrected chi connectivity index (χ3v) is 3.62. The summed E-state index contributed by atoms with van der Waals surface area (Å²) < 4.78 is 2.07. The van der Waals surface area contributed by atoms with Gasteiger partial charge in [-0.25, -0.2) is 0 Å². The Morgan fingerprint density at radius 2 is 1.91 bits per heavy atom. The van der Waals surface area contributed by atoms with Crippen LogP contribution in [0, 0.1) is 7.43 Å². The molecule has 0 aromatic carbocycles. The smallest absolute Gasteiger partial charge is 0.674 e. The zero-order chi connectivity index (χ0) is 16.1. The van der Waals surface area contributed by atoms with Crippen molar-refractivity contribution in [3.05, 3.63) is 31.1 Å². The van der Waals surface area contributed by atoms with Crippen molar-refractivity contribution < 1.29 is 56.2 Å². The number of rotatable bonds is 5. The van der Waals surface area contributed by atoms with Gasteiger partial charge in [0.1, 0.15) is 6.79 Å². The molecule has 23 heavy (non-hydrogen) atoms. The van der Waals surface area contributed by atoms with E-state index in [4.69, 9.17) is 10.5 Å². The largest absolute Gasteiger partial charge is 1.00 e. The Morgan fingerprint density at radius 1 is 1.35 bits per heavy atom. The van der Waals surface area contributed by atoms with E-state index in [1.165, 1.54) is 45.3 Å². The fourth-order valence-corrected chi connectivity index (χ4v) is 2.46. The zero-order valence-corrected chi connectivity index (χ0v) is 19.7. The van der Waals surface area contributed by atoms with Crippen LogP contribution in [0.2, 0.25) is 0 Å². The van der Waals surface area contributed by atoms with Crippen molar-refractivity contribution >= 4 is 16.0 Å². The number of nitrogens with zero attached hydrogens (tertiary/aromatic N) is 3. The number of nitrogens with one attached hydrogen (secondary N) is 1. The van der Waals surface area contributed by atoms with Crippen molar-refractivity contribution in [2.45, 2.75) is 45.2 Å². The van der Waals surface area contributed by atoms with Crippen molar-refractivity contribution in [2.24, 2.45) is 0 Å². The molecule has 7 heteroatoms. The molecule has 0 radical (unpaired) electrons. The van der Waals surface area contributed by atoms with E-state index in [2.05, 4.69) is 30.8 Å². The van der Waals surface area contributed by atoms with E-state index >= 15 is 0 Å². The predicted octanol–water partition coefficient (Wildman–Crippen LogP) is 0.633. The van der Waals surface area contributed by atoms with Gasteiger partial charge in [0, 0.05) is 19.3 Å². The third kappa shape index (κ3) is 11.2. The van der Waals surface area contributed by atoms with E-state index in [-0.39, 0.29) is 58.8 Å². The van der Waals surface area contributed by atoms with Gasteiger partial charge in [0.25, 0.3) is 0 Å². The van der Waals surface area contributed by atoms with Crippen LogP contribution < -0.4 is 51.4 Å². The topological polar surface area (TPSA) is 61.9 Å². The number of likely N-dealkylation sites (tertiary alicyclic amines) is 1. The number of aromatic nitrogens is 2. The van der Waals surface area contributed by atoms with Gasteiger partial charge in [-0.05, 0) is 31.4 Å². The molecule has 1 fully saturated rings. The SMILES string of the molecule is C=O.CCCCN1CCC(n2cc(C[NH-])cn2)CC1.CP.[CH3-].[K+]. The molecule has 1 aliphatic heterocycles. The van der Waals surface area contributed by atoms with E-state index in [0.717, 1.165) is 5.56 Å². The van der Waals surface area contributed by atoms with Crippen molar-refractivity contribution in [3.8, 4) is 0 Å². The summed E-state index contributed by atoms with van der Waals surface area (Å²) in [5, 5.41) is 4.38. The fourth-order valence-electron chi connectivity index (χ4n) is 2.46. The first-order chi connectivity index (χ1) is 10.3. The molecule has 1 aliphatic rings. The van der Waals surface area contributed by atoms with Crippen molar-refractivity contribution in [1.82, 2.24) is 14.7 Å². The summed E-state index contributed by atoms with van der Waals surface area (Å²) in [5.41, 5.74) is 8.34. The zero-order valence-electron chi connectivity index (χ0n) is 15.4. The average molecular weight is 368 g/mol. The Labute approximate surface area is 187 Å². The molecular weight excluding hydrogens is 334 g/mol. The van der Waals surface area contributed by atoms with Gasteiger partial charge in [-0.3, -0.25) is 4.68 Å². The molecule has 1 atom stereocenters. The molecule has 1 saturated heterocycles. The fraction of sp³-hybridized carbons (Fsp3) is 0.688. The molecule has 1 N–H and O–H groups in total. The van der Waals surface area contributed by atoms with Gasteiger partial charge in [-0.15, -0.1) is 15.8 Å². The van der Waals surface area contributed by atoms with Crippen LogP contribution in [0.5, 0.6) is 0 Å². The van der Waals surface area contributed by atoms with Crippen LogP contribution in [0.15, 0.2) is 12.4 Å². The molecule has 0 spiro atoms. The van der Waals surface area contributed by atoms with Gasteiger partial charge in [0.15, 0.2) is 0 Å². The summed E-state index contributed by atoms with van der Waals surface area (Å²) in [6, 6.07) is 0.549. The molecule has 2 rings (SSSR count). The van der Waals surface area contributed by atoms with Crippen molar-refractivity contribution in [1.29, 1.82) is 0 Å². The monoisotopic (exact) mass is 367 g/mol. The van der Waals surface area contributed by atoms with Gasteiger partial charge in [-0.1, -0.05) is 20.0 Å². The van der Waals surface area contributed by atoms with Gasteiger partial charge >= 0.3 is 51.4 Å². The molecular formula is C16H33KN4OP-. The molecule has 0 bridgehead atoms. The maximum Gasteiger partial charge on any atom is 1.00 e. The van der Waals surface area contributed by atoms with Gasteiger partial charge in [0.05, 0.1) is 12.2 Å². The Hall–Kier alpha value is 0.866. The first-order valence-corrected chi connectivity index (χ1v) is 8.75. The van der Waals surface area contributed by atoms with Gasteiger partial charge < -0.3 is 22.9 Å². The normalized spacial score (nSPS) is 14.3. The van der Waals surface area contributed by atoms with Crippen molar-refractivity contribution in [2.75, 3.05) is 26.3 Å². The van der Waals surface area contributed by atoms with Crippen LogP contribution in [0.3, 0.4) is 0 Å². The molecule has 1 unspecified atom stereocenters. The van der Waals surface area contributed by atoms with E-state index in [1.54, 1.807) is 0 Å². The quantitative estimate of drug-likeness (QED) is 0.436. The van der Waals surface area contributed by atoms with Gasteiger partial charge in [0.2, 0.25) is 0 Å². The maximum atomic E-state index is 8.00. The summed E-state index contributed by atoms with van der Waals surface area (Å²) in [7, 11) is 2.42. The van der Waals surface area contributed by atoms with Crippen LogP contribution in [-0.2, 0) is 11.3 Å². The Kier molecular flexibility index (Phi) is 23.9.